The fourth-order valence-electron chi connectivity index (χ4n) is 2.11. The summed E-state index contributed by atoms with van der Waals surface area (Å²) < 4.78 is 0. The minimum absolute atomic E-state index is 0.106. The number of nitrogens with zero attached hydrogens (tertiary/aromatic N) is 2. The number of hydrogen-bond acceptors (Lipinski definition) is 3. The normalized spacial score (nSPS) is 10.2. The van der Waals surface area contributed by atoms with Crippen LogP contribution in [0.5, 0.6) is 0 Å². The van der Waals surface area contributed by atoms with E-state index in [4.69, 9.17) is 5.11 Å². The highest BCUT2D eigenvalue weighted by Gasteiger charge is 2.05. The van der Waals surface area contributed by atoms with E-state index in [0.717, 1.165) is 24.3 Å². The molecular formula is C18H20N2O. The third-order valence-electron chi connectivity index (χ3n) is 3.08. The van der Waals surface area contributed by atoms with Crippen LogP contribution in [0.25, 0.3) is 0 Å². The topological polar surface area (TPSA) is 36.4 Å². The summed E-state index contributed by atoms with van der Waals surface area (Å²) in [6.07, 6.45) is 2.33. The molecule has 108 valence electrons. The zero-order chi connectivity index (χ0) is 14.9. The molecule has 1 aromatic heterocycles. The fourth-order valence-corrected chi connectivity index (χ4v) is 2.11. The van der Waals surface area contributed by atoms with Crippen LogP contribution in [0.1, 0.15) is 23.2 Å². The number of aliphatic hydroxyl groups is 1. The van der Waals surface area contributed by atoms with Crippen LogP contribution in [-0.2, 0) is 13.1 Å². The quantitative estimate of drug-likeness (QED) is 0.855. The summed E-state index contributed by atoms with van der Waals surface area (Å²) in [6, 6.07) is 14.1. The van der Waals surface area contributed by atoms with Crippen LogP contribution < -0.4 is 0 Å². The third kappa shape index (κ3) is 5.03. The molecule has 2 rings (SSSR count). The summed E-state index contributed by atoms with van der Waals surface area (Å²) >= 11 is 0. The molecule has 0 saturated carbocycles. The van der Waals surface area contributed by atoms with Crippen molar-refractivity contribution in [1.29, 1.82) is 0 Å². The molecule has 2 aromatic rings. The standard InChI is InChI=1S/C18H20N2O/c1-20(15-18-11-4-6-12-19-18)14-17-10-3-2-8-16(17)9-5-7-13-21/h2-4,6,8,10-12,21H,7,13-15H2,1H3. The number of rotatable bonds is 5. The van der Waals surface area contributed by atoms with Gasteiger partial charge in [-0.1, -0.05) is 36.1 Å². The minimum atomic E-state index is 0.106. The SMILES string of the molecule is CN(Cc1ccccn1)Cc1ccccc1C#CCCO. The van der Waals surface area contributed by atoms with E-state index in [-0.39, 0.29) is 6.61 Å². The Labute approximate surface area is 126 Å². The molecular weight excluding hydrogens is 260 g/mol. The van der Waals surface area contributed by atoms with Gasteiger partial charge in [0.15, 0.2) is 0 Å². The van der Waals surface area contributed by atoms with Crippen molar-refractivity contribution in [3.05, 3.63) is 65.5 Å². The molecule has 0 amide bonds. The van der Waals surface area contributed by atoms with Crippen molar-refractivity contribution in [3.63, 3.8) is 0 Å². The van der Waals surface area contributed by atoms with Crippen LogP contribution in [0.15, 0.2) is 48.7 Å². The molecule has 0 bridgehead atoms. The van der Waals surface area contributed by atoms with Crippen molar-refractivity contribution in [2.45, 2.75) is 19.5 Å². The van der Waals surface area contributed by atoms with E-state index in [1.807, 2.05) is 42.6 Å². The smallest absolute Gasteiger partial charge is 0.0543 e. The van der Waals surface area contributed by atoms with Crippen LogP contribution in [0.4, 0.5) is 0 Å². The lowest BCUT2D eigenvalue weighted by atomic mass is 10.1. The molecule has 1 heterocycles. The highest BCUT2D eigenvalue weighted by atomic mass is 16.2. The molecule has 0 aliphatic rings. The molecule has 0 radical (unpaired) electrons. The van der Waals surface area contributed by atoms with Crippen LogP contribution >= 0.6 is 0 Å². The number of aliphatic hydroxyl groups excluding tert-OH is 1. The van der Waals surface area contributed by atoms with E-state index >= 15 is 0 Å². The Bertz CT molecular complexity index is 614. The van der Waals surface area contributed by atoms with E-state index in [1.54, 1.807) is 0 Å². The Morgan fingerprint density at radius 1 is 1.10 bits per heavy atom. The molecule has 0 spiro atoms. The Hall–Kier alpha value is -2.15. The summed E-state index contributed by atoms with van der Waals surface area (Å²) in [7, 11) is 2.08. The van der Waals surface area contributed by atoms with Gasteiger partial charge >= 0.3 is 0 Å². The molecule has 0 saturated heterocycles. The van der Waals surface area contributed by atoms with Gasteiger partial charge in [0.2, 0.25) is 0 Å². The van der Waals surface area contributed by atoms with Gasteiger partial charge in [0.05, 0.1) is 12.3 Å². The molecule has 0 unspecified atom stereocenters. The Morgan fingerprint density at radius 3 is 2.67 bits per heavy atom. The molecule has 1 aromatic carbocycles. The number of pyridine rings is 1. The van der Waals surface area contributed by atoms with Gasteiger partial charge < -0.3 is 5.11 Å². The lowest BCUT2D eigenvalue weighted by Crippen LogP contribution is -2.18. The summed E-state index contributed by atoms with van der Waals surface area (Å²) in [5.74, 6) is 6.11. The monoisotopic (exact) mass is 280 g/mol. The maximum absolute atomic E-state index is 8.81. The van der Waals surface area contributed by atoms with Gasteiger partial charge in [-0.15, -0.1) is 0 Å². The summed E-state index contributed by atoms with van der Waals surface area (Å²) in [6.45, 7) is 1.73. The van der Waals surface area contributed by atoms with E-state index in [2.05, 4.69) is 34.8 Å². The van der Waals surface area contributed by atoms with Crippen LogP contribution in [0.3, 0.4) is 0 Å². The van der Waals surface area contributed by atoms with E-state index < -0.39 is 0 Å². The Kier molecular flexibility index (Phi) is 5.96. The largest absolute Gasteiger partial charge is 0.395 e. The van der Waals surface area contributed by atoms with Gasteiger partial charge in [-0.3, -0.25) is 9.88 Å². The molecule has 3 heteroatoms. The average molecular weight is 280 g/mol. The summed E-state index contributed by atoms with van der Waals surface area (Å²) in [5.41, 5.74) is 3.28. The molecule has 21 heavy (non-hydrogen) atoms. The lowest BCUT2D eigenvalue weighted by Gasteiger charge is -2.17. The molecule has 3 nitrogen and oxygen atoms in total. The maximum Gasteiger partial charge on any atom is 0.0543 e. The highest BCUT2D eigenvalue weighted by Crippen LogP contribution is 2.11. The van der Waals surface area contributed by atoms with E-state index in [1.165, 1.54) is 5.56 Å². The van der Waals surface area contributed by atoms with Gasteiger partial charge in [-0.25, -0.2) is 0 Å². The molecule has 0 atom stereocenters. The van der Waals surface area contributed by atoms with Gasteiger partial charge in [0.1, 0.15) is 0 Å². The fraction of sp³-hybridized carbons (Fsp3) is 0.278. The number of aromatic nitrogens is 1. The van der Waals surface area contributed by atoms with Crippen LogP contribution in [-0.4, -0.2) is 28.6 Å². The number of benzene rings is 1. The first-order valence-corrected chi connectivity index (χ1v) is 7.05. The summed E-state index contributed by atoms with van der Waals surface area (Å²) in [5, 5.41) is 8.81. The van der Waals surface area contributed by atoms with Gasteiger partial charge in [0, 0.05) is 31.3 Å². The van der Waals surface area contributed by atoms with Crippen molar-refractivity contribution >= 4 is 0 Å². The second-order valence-corrected chi connectivity index (χ2v) is 4.93. The van der Waals surface area contributed by atoms with E-state index in [9.17, 15) is 0 Å². The van der Waals surface area contributed by atoms with Crippen LogP contribution in [0, 0.1) is 11.8 Å². The summed E-state index contributed by atoms with van der Waals surface area (Å²) in [4.78, 5) is 6.56. The first kappa shape index (κ1) is 15.2. The predicted molar refractivity (Wildman–Crippen MR) is 84.4 cm³/mol. The van der Waals surface area contributed by atoms with Crippen molar-refractivity contribution in [2.75, 3.05) is 13.7 Å². The highest BCUT2D eigenvalue weighted by molar-refractivity contribution is 5.41. The third-order valence-corrected chi connectivity index (χ3v) is 3.08. The first-order valence-electron chi connectivity index (χ1n) is 7.05. The molecule has 0 fully saturated rings. The maximum atomic E-state index is 8.81. The van der Waals surface area contributed by atoms with E-state index in [0.29, 0.717) is 6.42 Å². The van der Waals surface area contributed by atoms with Crippen molar-refractivity contribution < 1.29 is 5.11 Å². The van der Waals surface area contributed by atoms with Crippen LogP contribution in [0.2, 0.25) is 0 Å². The van der Waals surface area contributed by atoms with Crippen molar-refractivity contribution in [2.24, 2.45) is 0 Å². The second kappa shape index (κ2) is 8.21. The zero-order valence-electron chi connectivity index (χ0n) is 12.3. The Morgan fingerprint density at radius 2 is 1.90 bits per heavy atom. The second-order valence-electron chi connectivity index (χ2n) is 4.93. The van der Waals surface area contributed by atoms with Gasteiger partial charge in [0.25, 0.3) is 0 Å². The minimum Gasteiger partial charge on any atom is -0.395 e. The predicted octanol–water partition coefficient (Wildman–Crippen LogP) is 2.45. The van der Waals surface area contributed by atoms with Crippen molar-refractivity contribution in [1.82, 2.24) is 9.88 Å². The molecule has 1 N–H and O–H groups in total. The molecule has 0 aliphatic heterocycles. The van der Waals surface area contributed by atoms with Gasteiger partial charge in [-0.05, 0) is 30.8 Å². The number of hydrogen-bond donors (Lipinski definition) is 1. The van der Waals surface area contributed by atoms with Gasteiger partial charge in [-0.2, -0.15) is 0 Å². The Balaban J connectivity index is 2.04. The first-order chi connectivity index (χ1) is 10.3. The van der Waals surface area contributed by atoms with Crippen molar-refractivity contribution in [3.8, 4) is 11.8 Å². The zero-order valence-corrected chi connectivity index (χ0v) is 12.3. The molecule has 0 aliphatic carbocycles. The lowest BCUT2D eigenvalue weighted by molar-refractivity contribution is 0.305. The average Bonchev–Trinajstić information content (AvgIpc) is 2.50.